The topological polar surface area (TPSA) is 67.2 Å². The zero-order valence-corrected chi connectivity index (χ0v) is 14.4. The van der Waals surface area contributed by atoms with Gasteiger partial charge in [-0.2, -0.15) is 5.10 Å². The molecule has 0 bridgehead atoms. The van der Waals surface area contributed by atoms with E-state index in [1.807, 2.05) is 22.7 Å². The number of aryl methyl sites for hydroxylation is 2. The smallest absolute Gasteiger partial charge is 0.257 e. The second kappa shape index (κ2) is 7.53. The predicted octanol–water partition coefficient (Wildman–Crippen LogP) is 1.35. The van der Waals surface area contributed by atoms with Gasteiger partial charge in [0.2, 0.25) is 0 Å². The van der Waals surface area contributed by atoms with Crippen LogP contribution < -0.4 is 0 Å². The number of carbonyl (C=O) groups is 1. The van der Waals surface area contributed by atoms with Gasteiger partial charge in [-0.15, -0.1) is 0 Å². The predicted molar refractivity (Wildman–Crippen MR) is 90.5 cm³/mol. The van der Waals surface area contributed by atoms with E-state index in [1.165, 1.54) is 11.9 Å². The van der Waals surface area contributed by atoms with Crippen LogP contribution >= 0.6 is 0 Å². The van der Waals surface area contributed by atoms with Gasteiger partial charge in [0.05, 0.1) is 17.5 Å². The summed E-state index contributed by atoms with van der Waals surface area (Å²) in [5.41, 5.74) is 2.57. The number of aromatic nitrogens is 4. The molecule has 3 rings (SSSR count). The Kier molecular flexibility index (Phi) is 5.20. The minimum absolute atomic E-state index is 0.0359. The monoisotopic (exact) mass is 328 g/mol. The maximum absolute atomic E-state index is 12.7. The number of carbonyl (C=O) groups excluding carboxylic acids is 1. The third-order valence-corrected chi connectivity index (χ3v) is 4.43. The Labute approximate surface area is 142 Å². The van der Waals surface area contributed by atoms with Crippen molar-refractivity contribution in [2.75, 3.05) is 26.2 Å². The van der Waals surface area contributed by atoms with Crippen LogP contribution in [-0.2, 0) is 13.1 Å². The van der Waals surface area contributed by atoms with E-state index in [1.54, 1.807) is 6.20 Å². The molecule has 0 radical (unpaired) electrons. The highest BCUT2D eigenvalue weighted by molar-refractivity contribution is 5.94. The quantitative estimate of drug-likeness (QED) is 0.847. The lowest BCUT2D eigenvalue weighted by molar-refractivity contribution is 0.0759. The molecule has 1 aliphatic heterocycles. The van der Waals surface area contributed by atoms with E-state index in [9.17, 15) is 4.79 Å². The molecule has 0 aromatic carbocycles. The van der Waals surface area contributed by atoms with Gasteiger partial charge < -0.3 is 4.90 Å². The normalized spacial score (nSPS) is 16.2. The van der Waals surface area contributed by atoms with Gasteiger partial charge >= 0.3 is 0 Å². The van der Waals surface area contributed by atoms with Crippen molar-refractivity contribution in [3.63, 3.8) is 0 Å². The molecule has 2 aromatic heterocycles. The van der Waals surface area contributed by atoms with Crippen molar-refractivity contribution in [1.29, 1.82) is 0 Å². The molecule has 1 saturated heterocycles. The van der Waals surface area contributed by atoms with Gasteiger partial charge in [-0.05, 0) is 20.3 Å². The van der Waals surface area contributed by atoms with Crippen LogP contribution in [0.3, 0.4) is 0 Å². The molecule has 1 amide bonds. The lowest BCUT2D eigenvalue weighted by Gasteiger charge is -2.22. The molecule has 0 N–H and O–H groups in total. The van der Waals surface area contributed by atoms with E-state index in [0.29, 0.717) is 5.56 Å². The molecule has 0 atom stereocenters. The minimum atomic E-state index is 0.0359. The SMILES string of the molecule is CCn1cc(CN2CCCN(C(=O)c3cncnc3C)CC2)cn1. The highest BCUT2D eigenvalue weighted by Gasteiger charge is 2.22. The number of nitrogens with zero attached hydrogens (tertiary/aromatic N) is 6. The zero-order valence-electron chi connectivity index (χ0n) is 14.4. The van der Waals surface area contributed by atoms with Gasteiger partial charge in [0, 0.05) is 57.2 Å². The number of rotatable bonds is 4. The first-order chi connectivity index (χ1) is 11.7. The Morgan fingerprint density at radius 2 is 2.08 bits per heavy atom. The zero-order chi connectivity index (χ0) is 16.9. The number of hydrogen-bond acceptors (Lipinski definition) is 5. The van der Waals surface area contributed by atoms with Crippen LogP contribution in [-0.4, -0.2) is 61.6 Å². The highest BCUT2D eigenvalue weighted by atomic mass is 16.2. The third-order valence-electron chi connectivity index (χ3n) is 4.43. The molecule has 3 heterocycles. The van der Waals surface area contributed by atoms with Crippen LogP contribution in [0.5, 0.6) is 0 Å². The first-order valence-electron chi connectivity index (χ1n) is 8.47. The Morgan fingerprint density at radius 3 is 2.83 bits per heavy atom. The average Bonchev–Trinajstić information content (AvgIpc) is 2.92. The van der Waals surface area contributed by atoms with E-state index < -0.39 is 0 Å². The fraction of sp³-hybridized carbons (Fsp3) is 0.529. The van der Waals surface area contributed by atoms with Crippen LogP contribution in [0.4, 0.5) is 0 Å². The Bertz CT molecular complexity index is 698. The summed E-state index contributed by atoms with van der Waals surface area (Å²) in [5.74, 6) is 0.0359. The van der Waals surface area contributed by atoms with Gasteiger partial charge in [0.1, 0.15) is 6.33 Å². The molecule has 0 unspecified atom stereocenters. The fourth-order valence-corrected chi connectivity index (χ4v) is 3.02. The number of amides is 1. The first-order valence-corrected chi connectivity index (χ1v) is 8.47. The van der Waals surface area contributed by atoms with Gasteiger partial charge in [-0.25, -0.2) is 9.97 Å². The minimum Gasteiger partial charge on any atom is -0.337 e. The van der Waals surface area contributed by atoms with E-state index in [2.05, 4.69) is 33.1 Å². The van der Waals surface area contributed by atoms with Crippen molar-refractivity contribution in [1.82, 2.24) is 29.5 Å². The first kappa shape index (κ1) is 16.6. The van der Waals surface area contributed by atoms with Crippen LogP contribution in [0.1, 0.15) is 35.0 Å². The van der Waals surface area contributed by atoms with Crippen molar-refractivity contribution >= 4 is 5.91 Å². The van der Waals surface area contributed by atoms with E-state index in [-0.39, 0.29) is 5.91 Å². The average molecular weight is 328 g/mol. The van der Waals surface area contributed by atoms with E-state index >= 15 is 0 Å². The Morgan fingerprint density at radius 1 is 1.21 bits per heavy atom. The van der Waals surface area contributed by atoms with E-state index in [0.717, 1.165) is 51.4 Å². The van der Waals surface area contributed by atoms with E-state index in [4.69, 9.17) is 0 Å². The largest absolute Gasteiger partial charge is 0.337 e. The van der Waals surface area contributed by atoms with Crippen molar-refractivity contribution in [3.05, 3.63) is 41.7 Å². The maximum atomic E-state index is 12.7. The summed E-state index contributed by atoms with van der Waals surface area (Å²) < 4.78 is 1.95. The molecule has 0 saturated carbocycles. The molecule has 0 aliphatic carbocycles. The Hall–Kier alpha value is -2.28. The molecule has 2 aromatic rings. The second-order valence-electron chi connectivity index (χ2n) is 6.15. The second-order valence-corrected chi connectivity index (χ2v) is 6.15. The summed E-state index contributed by atoms with van der Waals surface area (Å²) in [7, 11) is 0. The van der Waals surface area contributed by atoms with Crippen LogP contribution in [0.2, 0.25) is 0 Å². The van der Waals surface area contributed by atoms with Gasteiger partial charge in [0.15, 0.2) is 0 Å². The lowest BCUT2D eigenvalue weighted by atomic mass is 10.2. The third kappa shape index (κ3) is 3.79. The van der Waals surface area contributed by atoms with Gasteiger partial charge in [0.25, 0.3) is 5.91 Å². The van der Waals surface area contributed by atoms with Crippen molar-refractivity contribution < 1.29 is 4.79 Å². The van der Waals surface area contributed by atoms with Crippen LogP contribution in [0.25, 0.3) is 0 Å². The fourth-order valence-electron chi connectivity index (χ4n) is 3.02. The van der Waals surface area contributed by atoms with Crippen molar-refractivity contribution in [2.24, 2.45) is 0 Å². The van der Waals surface area contributed by atoms with Gasteiger partial charge in [-0.3, -0.25) is 14.4 Å². The summed E-state index contributed by atoms with van der Waals surface area (Å²) >= 11 is 0. The highest BCUT2D eigenvalue weighted by Crippen LogP contribution is 2.12. The van der Waals surface area contributed by atoms with Crippen molar-refractivity contribution in [3.8, 4) is 0 Å². The van der Waals surface area contributed by atoms with Crippen LogP contribution in [0.15, 0.2) is 24.9 Å². The molecule has 128 valence electrons. The van der Waals surface area contributed by atoms with Gasteiger partial charge in [-0.1, -0.05) is 0 Å². The molecule has 7 heteroatoms. The molecular weight excluding hydrogens is 304 g/mol. The molecular formula is C17H24N6O. The summed E-state index contributed by atoms with van der Waals surface area (Å²) in [6, 6.07) is 0. The van der Waals surface area contributed by atoms with Crippen LogP contribution in [0, 0.1) is 6.92 Å². The summed E-state index contributed by atoms with van der Waals surface area (Å²) in [6.07, 6.45) is 8.10. The summed E-state index contributed by atoms with van der Waals surface area (Å²) in [6.45, 7) is 9.08. The summed E-state index contributed by atoms with van der Waals surface area (Å²) in [4.78, 5) is 25.1. The maximum Gasteiger partial charge on any atom is 0.257 e. The molecule has 24 heavy (non-hydrogen) atoms. The molecule has 7 nitrogen and oxygen atoms in total. The lowest BCUT2D eigenvalue weighted by Crippen LogP contribution is -2.35. The molecule has 0 spiro atoms. The molecule has 1 fully saturated rings. The molecule has 1 aliphatic rings. The van der Waals surface area contributed by atoms with Crippen molar-refractivity contribution in [2.45, 2.75) is 33.4 Å². The standard InChI is InChI=1S/C17H24N6O/c1-3-23-12-15(9-20-23)11-21-5-4-6-22(8-7-21)17(24)16-10-18-13-19-14(16)2/h9-10,12-13H,3-8,11H2,1-2H3. The summed E-state index contributed by atoms with van der Waals surface area (Å²) in [5, 5.41) is 4.33. The number of hydrogen-bond donors (Lipinski definition) is 0. The Balaban J connectivity index is 1.60.